The van der Waals surface area contributed by atoms with Crippen molar-refractivity contribution in [2.24, 2.45) is 0 Å². The Morgan fingerprint density at radius 2 is 2.00 bits per heavy atom. The Hall–Kier alpha value is -3.59. The number of rotatable bonds is 6. The number of carbonyl (C=O) groups is 2. The van der Waals surface area contributed by atoms with Crippen LogP contribution in [0.1, 0.15) is 18.5 Å². The van der Waals surface area contributed by atoms with Crippen molar-refractivity contribution in [3.05, 3.63) is 65.1 Å². The molecule has 2 aliphatic rings. The van der Waals surface area contributed by atoms with E-state index in [1.807, 2.05) is 0 Å². The lowest BCUT2D eigenvalue weighted by atomic mass is 9.94. The first kappa shape index (κ1) is 20.7. The zero-order valence-corrected chi connectivity index (χ0v) is 17.0. The summed E-state index contributed by atoms with van der Waals surface area (Å²) < 4.78 is 34.8. The molecule has 162 valence electrons. The van der Waals surface area contributed by atoms with Gasteiger partial charge in [0.15, 0.2) is 11.5 Å². The molecule has 1 N–H and O–H groups in total. The Morgan fingerprint density at radius 1 is 1.19 bits per heavy atom. The zero-order chi connectivity index (χ0) is 22.0. The van der Waals surface area contributed by atoms with Gasteiger partial charge >= 0.3 is 12.0 Å². The fraction of sp³-hybridized carbons (Fsp3) is 0.273. The lowest BCUT2D eigenvalue weighted by Crippen LogP contribution is -2.48. The van der Waals surface area contributed by atoms with Crippen LogP contribution in [-0.2, 0) is 14.3 Å². The van der Waals surface area contributed by atoms with Crippen molar-refractivity contribution < 1.29 is 32.9 Å². The van der Waals surface area contributed by atoms with Crippen LogP contribution in [-0.4, -0.2) is 39.1 Å². The molecular formula is C22H21FN2O6. The predicted molar refractivity (Wildman–Crippen MR) is 108 cm³/mol. The minimum atomic E-state index is -0.872. The lowest BCUT2D eigenvalue weighted by Gasteiger charge is -2.35. The summed E-state index contributed by atoms with van der Waals surface area (Å²) in [7, 11) is 1.50. The van der Waals surface area contributed by atoms with Gasteiger partial charge in [0.2, 0.25) is 6.79 Å². The number of methoxy groups -OCH3 is 1. The van der Waals surface area contributed by atoms with E-state index in [1.54, 1.807) is 31.2 Å². The molecular weight excluding hydrogens is 407 g/mol. The van der Waals surface area contributed by atoms with Crippen molar-refractivity contribution in [2.75, 3.05) is 32.0 Å². The number of ether oxygens (including phenoxy) is 4. The number of fused-ring (bicyclic) bond motifs is 1. The highest BCUT2D eigenvalue weighted by molar-refractivity contribution is 6.03. The molecule has 0 aromatic heterocycles. The van der Waals surface area contributed by atoms with Gasteiger partial charge in [0.25, 0.3) is 0 Å². The van der Waals surface area contributed by atoms with E-state index in [-0.39, 0.29) is 25.6 Å². The number of esters is 1. The van der Waals surface area contributed by atoms with E-state index in [0.29, 0.717) is 28.4 Å². The summed E-state index contributed by atoms with van der Waals surface area (Å²) in [4.78, 5) is 27.4. The van der Waals surface area contributed by atoms with Crippen LogP contribution in [0.25, 0.3) is 0 Å². The zero-order valence-electron chi connectivity index (χ0n) is 17.0. The highest BCUT2D eigenvalue weighted by atomic mass is 19.1. The summed E-state index contributed by atoms with van der Waals surface area (Å²) in [5.41, 5.74) is 1.47. The maximum absolute atomic E-state index is 13.9. The summed E-state index contributed by atoms with van der Waals surface area (Å²) in [5, 5.41) is 2.79. The molecule has 2 aromatic rings. The summed E-state index contributed by atoms with van der Waals surface area (Å²) in [6.45, 7) is 2.00. The van der Waals surface area contributed by atoms with Gasteiger partial charge in [-0.2, -0.15) is 0 Å². The van der Waals surface area contributed by atoms with Gasteiger partial charge in [0.1, 0.15) is 12.4 Å². The van der Waals surface area contributed by atoms with Crippen LogP contribution in [0.3, 0.4) is 0 Å². The fourth-order valence-corrected chi connectivity index (χ4v) is 3.57. The highest BCUT2D eigenvalue weighted by Gasteiger charge is 2.37. The summed E-state index contributed by atoms with van der Waals surface area (Å²) in [5.74, 6) is -0.0431. The van der Waals surface area contributed by atoms with Crippen LogP contribution >= 0.6 is 0 Å². The smallest absolute Gasteiger partial charge is 0.338 e. The molecule has 0 spiro atoms. The third kappa shape index (κ3) is 4.04. The molecule has 0 unspecified atom stereocenters. The first-order chi connectivity index (χ1) is 15.0. The Bertz CT molecular complexity index is 1050. The number of amides is 2. The second-order valence-corrected chi connectivity index (χ2v) is 6.94. The van der Waals surface area contributed by atoms with E-state index < -0.39 is 23.9 Å². The van der Waals surface area contributed by atoms with Gasteiger partial charge in [-0.25, -0.2) is 14.0 Å². The largest absolute Gasteiger partial charge is 0.460 e. The van der Waals surface area contributed by atoms with Crippen LogP contribution in [0, 0.1) is 5.82 Å². The average Bonchev–Trinajstić information content (AvgIpc) is 3.21. The monoisotopic (exact) mass is 428 g/mol. The number of nitrogens with one attached hydrogen (secondary N) is 1. The Kier molecular flexibility index (Phi) is 5.77. The molecule has 0 bridgehead atoms. The van der Waals surface area contributed by atoms with Crippen LogP contribution in [0.4, 0.5) is 14.9 Å². The van der Waals surface area contributed by atoms with Crippen molar-refractivity contribution in [1.82, 2.24) is 5.32 Å². The minimum Gasteiger partial charge on any atom is -0.460 e. The SMILES string of the molecule is COCCOC(=O)C1=C(C)N(c2ccc3c(c2)OCO3)C(=O)N[C@@H]1c1cccc(F)c1. The number of hydrogen-bond donors (Lipinski definition) is 1. The Morgan fingerprint density at radius 3 is 2.77 bits per heavy atom. The third-order valence-corrected chi connectivity index (χ3v) is 5.02. The fourth-order valence-electron chi connectivity index (χ4n) is 3.57. The van der Waals surface area contributed by atoms with E-state index >= 15 is 0 Å². The predicted octanol–water partition coefficient (Wildman–Crippen LogP) is 3.29. The highest BCUT2D eigenvalue weighted by Crippen LogP contribution is 2.39. The molecule has 0 saturated carbocycles. The molecule has 4 rings (SSSR count). The molecule has 31 heavy (non-hydrogen) atoms. The lowest BCUT2D eigenvalue weighted by molar-refractivity contribution is -0.140. The molecule has 0 saturated heterocycles. The second-order valence-electron chi connectivity index (χ2n) is 6.94. The molecule has 2 aromatic carbocycles. The van der Waals surface area contributed by atoms with Gasteiger partial charge in [0, 0.05) is 18.9 Å². The molecule has 0 radical (unpaired) electrons. The van der Waals surface area contributed by atoms with Crippen molar-refractivity contribution in [3.8, 4) is 11.5 Å². The van der Waals surface area contributed by atoms with Crippen LogP contribution in [0.15, 0.2) is 53.7 Å². The number of carbonyl (C=O) groups excluding carboxylic acids is 2. The van der Waals surface area contributed by atoms with E-state index in [2.05, 4.69) is 5.32 Å². The Labute approximate surface area is 178 Å². The first-order valence-electron chi connectivity index (χ1n) is 9.62. The van der Waals surface area contributed by atoms with E-state index in [9.17, 15) is 14.0 Å². The number of allylic oxidation sites excluding steroid dienone is 1. The molecule has 0 aliphatic carbocycles. The summed E-state index contributed by atoms with van der Waals surface area (Å²) in [6.07, 6.45) is 0. The molecule has 0 fully saturated rings. The van der Waals surface area contributed by atoms with E-state index in [4.69, 9.17) is 18.9 Å². The number of benzene rings is 2. The number of anilines is 1. The standard InChI is InChI=1S/C22H21FN2O6/c1-13-19(21(26)29-9-8-28-2)20(14-4-3-5-15(23)10-14)24-22(27)25(13)16-6-7-17-18(11-16)31-12-30-17/h3-7,10-11,20H,8-9,12H2,1-2H3,(H,24,27)/t20-/m1/s1. The second kappa shape index (κ2) is 8.65. The summed E-state index contributed by atoms with van der Waals surface area (Å²) >= 11 is 0. The Balaban J connectivity index is 1.77. The van der Waals surface area contributed by atoms with Gasteiger partial charge in [-0.1, -0.05) is 12.1 Å². The van der Waals surface area contributed by atoms with Crippen molar-refractivity contribution in [1.29, 1.82) is 0 Å². The maximum atomic E-state index is 13.9. The molecule has 8 nitrogen and oxygen atoms in total. The number of hydrogen-bond acceptors (Lipinski definition) is 6. The number of urea groups is 1. The van der Waals surface area contributed by atoms with Crippen molar-refractivity contribution in [2.45, 2.75) is 13.0 Å². The quantitative estimate of drug-likeness (QED) is 0.561. The number of halogens is 1. The van der Waals surface area contributed by atoms with Crippen molar-refractivity contribution >= 4 is 17.7 Å². The summed E-state index contributed by atoms with van der Waals surface area (Å²) in [6, 6.07) is 9.41. The normalized spacial score (nSPS) is 17.6. The molecule has 2 heterocycles. The first-order valence-corrected chi connectivity index (χ1v) is 9.62. The topological polar surface area (TPSA) is 86.3 Å². The third-order valence-electron chi connectivity index (χ3n) is 5.02. The van der Waals surface area contributed by atoms with Gasteiger partial charge in [0.05, 0.1) is 23.9 Å². The van der Waals surface area contributed by atoms with Crippen LogP contribution in [0.5, 0.6) is 11.5 Å². The number of nitrogens with zero attached hydrogens (tertiary/aromatic N) is 1. The van der Waals surface area contributed by atoms with E-state index in [1.165, 1.54) is 30.2 Å². The molecule has 9 heteroatoms. The molecule has 2 amide bonds. The minimum absolute atomic E-state index is 0.0416. The molecule has 2 aliphatic heterocycles. The van der Waals surface area contributed by atoms with Gasteiger partial charge in [-0.15, -0.1) is 0 Å². The average molecular weight is 428 g/mol. The van der Waals surface area contributed by atoms with Crippen LogP contribution < -0.4 is 19.7 Å². The van der Waals surface area contributed by atoms with Crippen molar-refractivity contribution in [3.63, 3.8) is 0 Å². The van der Waals surface area contributed by atoms with Crippen LogP contribution in [0.2, 0.25) is 0 Å². The molecule has 1 atom stereocenters. The maximum Gasteiger partial charge on any atom is 0.338 e. The van der Waals surface area contributed by atoms with Gasteiger partial charge in [-0.05, 0) is 36.8 Å². The van der Waals surface area contributed by atoms with Gasteiger partial charge in [-0.3, -0.25) is 4.90 Å². The van der Waals surface area contributed by atoms with E-state index in [0.717, 1.165) is 0 Å². The van der Waals surface area contributed by atoms with Gasteiger partial charge < -0.3 is 24.3 Å².